The van der Waals surface area contributed by atoms with Crippen LogP contribution in [0.2, 0.25) is 5.02 Å². The van der Waals surface area contributed by atoms with Crippen LogP contribution in [0.25, 0.3) is 0 Å². The van der Waals surface area contributed by atoms with E-state index < -0.39 is 0 Å². The average molecular weight is 350 g/mol. The lowest BCUT2D eigenvalue weighted by molar-refractivity contribution is 0.0940. The van der Waals surface area contributed by atoms with Crippen LogP contribution in [0.5, 0.6) is 5.75 Å². The molecule has 1 amide bonds. The third-order valence-corrected chi connectivity index (χ3v) is 5.95. The summed E-state index contributed by atoms with van der Waals surface area (Å²) in [5.74, 6) is 0.413. The summed E-state index contributed by atoms with van der Waals surface area (Å²) in [6, 6.07) is 9.37. The number of methoxy groups -OCH3 is 1. The summed E-state index contributed by atoms with van der Waals surface area (Å²) in [5, 5.41) is 5.74. The van der Waals surface area contributed by atoms with Crippen molar-refractivity contribution in [3.8, 4) is 5.75 Å². The van der Waals surface area contributed by atoms with Gasteiger partial charge in [-0.25, -0.2) is 0 Å². The highest BCUT2D eigenvalue weighted by atomic mass is 35.5. The third-order valence-electron chi connectivity index (χ3n) is 4.60. The van der Waals surface area contributed by atoms with E-state index in [0.717, 1.165) is 12.8 Å². The SMILES string of the molecule is COc1ccc(Cl)cc1C(=O)NCC1(c2cccs2)CCCC1. The fourth-order valence-corrected chi connectivity index (χ4v) is 4.50. The molecule has 0 atom stereocenters. The summed E-state index contributed by atoms with van der Waals surface area (Å²) in [7, 11) is 1.56. The van der Waals surface area contributed by atoms with Gasteiger partial charge in [0, 0.05) is 21.9 Å². The van der Waals surface area contributed by atoms with E-state index in [1.807, 2.05) is 0 Å². The molecule has 1 N–H and O–H groups in total. The van der Waals surface area contributed by atoms with Crippen molar-refractivity contribution in [2.24, 2.45) is 0 Å². The van der Waals surface area contributed by atoms with E-state index in [-0.39, 0.29) is 11.3 Å². The zero-order chi connectivity index (χ0) is 16.3. The van der Waals surface area contributed by atoms with E-state index in [0.29, 0.717) is 22.9 Å². The fraction of sp³-hybridized carbons (Fsp3) is 0.389. The number of rotatable bonds is 5. The highest BCUT2D eigenvalue weighted by Crippen LogP contribution is 2.42. The van der Waals surface area contributed by atoms with Gasteiger partial charge in [-0.1, -0.05) is 30.5 Å². The molecule has 1 aromatic carbocycles. The number of nitrogens with one attached hydrogen (secondary N) is 1. The van der Waals surface area contributed by atoms with Crippen LogP contribution >= 0.6 is 22.9 Å². The van der Waals surface area contributed by atoms with Crippen molar-refractivity contribution in [1.82, 2.24) is 5.32 Å². The molecule has 0 bridgehead atoms. The fourth-order valence-electron chi connectivity index (χ4n) is 3.34. The molecular formula is C18H20ClNO2S. The molecule has 1 aliphatic rings. The maximum Gasteiger partial charge on any atom is 0.255 e. The van der Waals surface area contributed by atoms with Crippen LogP contribution in [0.15, 0.2) is 35.7 Å². The monoisotopic (exact) mass is 349 g/mol. The van der Waals surface area contributed by atoms with E-state index in [9.17, 15) is 4.79 Å². The standard InChI is InChI=1S/C18H20ClNO2S/c1-22-15-7-6-13(19)11-14(15)17(21)20-12-18(8-2-3-9-18)16-5-4-10-23-16/h4-7,10-11H,2-3,8-9,12H2,1H3,(H,20,21). The zero-order valence-electron chi connectivity index (χ0n) is 13.1. The smallest absolute Gasteiger partial charge is 0.255 e. The van der Waals surface area contributed by atoms with Crippen LogP contribution < -0.4 is 10.1 Å². The number of halogens is 1. The van der Waals surface area contributed by atoms with Crippen LogP contribution in [0, 0.1) is 0 Å². The van der Waals surface area contributed by atoms with Gasteiger partial charge in [-0.05, 0) is 42.5 Å². The Bertz CT molecular complexity index is 678. The molecule has 0 aliphatic heterocycles. The van der Waals surface area contributed by atoms with Crippen molar-refractivity contribution >= 4 is 28.8 Å². The summed E-state index contributed by atoms with van der Waals surface area (Å²) in [6.07, 6.45) is 4.68. The van der Waals surface area contributed by atoms with E-state index in [4.69, 9.17) is 16.3 Å². The van der Waals surface area contributed by atoms with Gasteiger partial charge < -0.3 is 10.1 Å². The van der Waals surface area contributed by atoms with Crippen LogP contribution in [0.3, 0.4) is 0 Å². The Balaban J connectivity index is 1.77. The number of thiophene rings is 1. The summed E-state index contributed by atoms with van der Waals surface area (Å²) in [4.78, 5) is 14.0. The zero-order valence-corrected chi connectivity index (χ0v) is 14.7. The van der Waals surface area contributed by atoms with Gasteiger partial charge in [-0.3, -0.25) is 4.79 Å². The lowest BCUT2D eigenvalue weighted by atomic mass is 9.84. The molecule has 0 saturated heterocycles. The Hall–Kier alpha value is -1.52. The quantitative estimate of drug-likeness (QED) is 0.853. The average Bonchev–Trinajstić information content (AvgIpc) is 3.24. The molecule has 3 nitrogen and oxygen atoms in total. The van der Waals surface area contributed by atoms with E-state index >= 15 is 0 Å². The summed E-state index contributed by atoms with van der Waals surface area (Å²) in [5.41, 5.74) is 0.564. The Labute approximate surface area is 145 Å². The molecule has 3 rings (SSSR count). The number of carbonyl (C=O) groups excluding carboxylic acids is 1. The van der Waals surface area contributed by atoms with Gasteiger partial charge in [-0.2, -0.15) is 0 Å². The van der Waals surface area contributed by atoms with Gasteiger partial charge >= 0.3 is 0 Å². The Morgan fingerprint density at radius 3 is 2.78 bits per heavy atom. The predicted octanol–water partition coefficient (Wildman–Crippen LogP) is 4.65. The van der Waals surface area contributed by atoms with Crippen molar-refractivity contribution in [2.75, 3.05) is 13.7 Å². The first kappa shape index (κ1) is 16.3. The van der Waals surface area contributed by atoms with Crippen molar-refractivity contribution in [3.05, 3.63) is 51.2 Å². The molecule has 0 unspecified atom stereocenters. The van der Waals surface area contributed by atoms with Crippen molar-refractivity contribution < 1.29 is 9.53 Å². The Kier molecular flexibility index (Phi) is 4.93. The number of hydrogen-bond donors (Lipinski definition) is 1. The topological polar surface area (TPSA) is 38.3 Å². The summed E-state index contributed by atoms with van der Waals surface area (Å²) >= 11 is 7.80. The minimum Gasteiger partial charge on any atom is -0.496 e. The maximum absolute atomic E-state index is 12.6. The minimum absolute atomic E-state index is 0.0790. The van der Waals surface area contributed by atoms with Crippen molar-refractivity contribution in [2.45, 2.75) is 31.1 Å². The molecule has 1 fully saturated rings. The van der Waals surface area contributed by atoms with Gasteiger partial charge in [0.25, 0.3) is 5.91 Å². The molecule has 1 heterocycles. The van der Waals surface area contributed by atoms with Crippen LogP contribution in [-0.4, -0.2) is 19.6 Å². The third kappa shape index (κ3) is 3.38. The molecule has 1 saturated carbocycles. The first-order valence-electron chi connectivity index (χ1n) is 7.80. The normalized spacial score (nSPS) is 16.3. The number of carbonyl (C=O) groups is 1. The number of benzene rings is 1. The van der Waals surface area contributed by atoms with Crippen LogP contribution in [-0.2, 0) is 5.41 Å². The van der Waals surface area contributed by atoms with E-state index in [2.05, 4.69) is 22.8 Å². The summed E-state index contributed by atoms with van der Waals surface area (Å²) in [6.45, 7) is 0.655. The second kappa shape index (κ2) is 6.93. The van der Waals surface area contributed by atoms with Gasteiger partial charge in [0.1, 0.15) is 5.75 Å². The highest BCUT2D eigenvalue weighted by molar-refractivity contribution is 7.10. The maximum atomic E-state index is 12.6. The molecule has 23 heavy (non-hydrogen) atoms. The van der Waals surface area contributed by atoms with E-state index in [1.54, 1.807) is 36.6 Å². The second-order valence-electron chi connectivity index (χ2n) is 5.99. The van der Waals surface area contributed by atoms with Crippen LogP contribution in [0.4, 0.5) is 0 Å². The molecule has 0 spiro atoms. The van der Waals surface area contributed by atoms with Crippen molar-refractivity contribution in [3.63, 3.8) is 0 Å². The molecule has 1 aromatic heterocycles. The predicted molar refractivity (Wildman–Crippen MR) is 94.8 cm³/mol. The molecule has 1 aliphatic carbocycles. The molecule has 2 aromatic rings. The Morgan fingerprint density at radius 2 is 2.13 bits per heavy atom. The number of amides is 1. The lowest BCUT2D eigenvalue weighted by Gasteiger charge is -2.28. The first-order valence-corrected chi connectivity index (χ1v) is 9.06. The molecule has 5 heteroatoms. The van der Waals surface area contributed by atoms with Gasteiger partial charge in [0.15, 0.2) is 0 Å². The Morgan fingerprint density at radius 1 is 1.35 bits per heavy atom. The number of ether oxygens (including phenoxy) is 1. The molecule has 122 valence electrons. The summed E-state index contributed by atoms with van der Waals surface area (Å²) < 4.78 is 5.27. The van der Waals surface area contributed by atoms with Crippen LogP contribution in [0.1, 0.15) is 40.9 Å². The minimum atomic E-state index is -0.132. The number of hydrogen-bond acceptors (Lipinski definition) is 3. The first-order chi connectivity index (χ1) is 11.1. The van der Waals surface area contributed by atoms with E-state index in [1.165, 1.54) is 17.7 Å². The highest BCUT2D eigenvalue weighted by Gasteiger charge is 2.36. The van der Waals surface area contributed by atoms with Gasteiger partial charge in [-0.15, -0.1) is 11.3 Å². The molecule has 0 radical (unpaired) electrons. The largest absolute Gasteiger partial charge is 0.496 e. The van der Waals surface area contributed by atoms with Gasteiger partial charge in [0.2, 0.25) is 0 Å². The second-order valence-corrected chi connectivity index (χ2v) is 7.38. The van der Waals surface area contributed by atoms with Gasteiger partial charge in [0.05, 0.1) is 12.7 Å². The molecular weight excluding hydrogens is 330 g/mol. The van der Waals surface area contributed by atoms with Crippen molar-refractivity contribution in [1.29, 1.82) is 0 Å². The lowest BCUT2D eigenvalue weighted by Crippen LogP contribution is -2.38.